The fourth-order valence-electron chi connectivity index (χ4n) is 3.27. The maximum Gasteiger partial charge on any atom is 0.291 e. The quantitative estimate of drug-likeness (QED) is 0.719. The second-order valence-corrected chi connectivity index (χ2v) is 7.24. The number of aromatic nitrogens is 3. The van der Waals surface area contributed by atoms with Gasteiger partial charge in [-0.2, -0.15) is 5.10 Å². The molecular weight excluding hydrogens is 325 g/mol. The smallest absolute Gasteiger partial charge is 0.291 e. The van der Waals surface area contributed by atoms with Gasteiger partial charge < -0.3 is 4.57 Å². The molecule has 1 aliphatic rings. The second kappa shape index (κ2) is 5.70. The number of aryl methyl sites for hydroxylation is 2. The minimum atomic E-state index is -0.240. The number of hydrogen-bond acceptors (Lipinski definition) is 3. The van der Waals surface area contributed by atoms with Gasteiger partial charge in [0, 0.05) is 17.3 Å². The van der Waals surface area contributed by atoms with Crippen molar-refractivity contribution < 1.29 is 4.39 Å². The van der Waals surface area contributed by atoms with Gasteiger partial charge in [-0.3, -0.25) is 4.79 Å². The third-order valence-electron chi connectivity index (χ3n) is 4.63. The van der Waals surface area contributed by atoms with Gasteiger partial charge in [-0.15, -0.1) is 11.3 Å². The zero-order valence-electron chi connectivity index (χ0n) is 13.7. The average Bonchev–Trinajstić information content (AvgIpc) is 3.11. The Kier molecular flexibility index (Phi) is 3.64. The van der Waals surface area contributed by atoms with Crippen LogP contribution < -0.4 is 5.56 Å². The van der Waals surface area contributed by atoms with E-state index < -0.39 is 0 Å². The van der Waals surface area contributed by atoms with Crippen molar-refractivity contribution in [2.45, 2.75) is 32.7 Å². The average molecular weight is 343 g/mol. The second-order valence-electron chi connectivity index (χ2n) is 6.10. The third kappa shape index (κ3) is 2.24. The number of rotatable bonds is 3. The van der Waals surface area contributed by atoms with Crippen LogP contribution >= 0.6 is 11.3 Å². The van der Waals surface area contributed by atoms with Crippen LogP contribution in [0.2, 0.25) is 0 Å². The molecule has 4 nitrogen and oxygen atoms in total. The Morgan fingerprint density at radius 2 is 2.25 bits per heavy atom. The van der Waals surface area contributed by atoms with Gasteiger partial charge in [0.1, 0.15) is 11.3 Å². The molecule has 0 aliphatic heterocycles. The van der Waals surface area contributed by atoms with Crippen LogP contribution in [-0.2, 0) is 20.0 Å². The van der Waals surface area contributed by atoms with Gasteiger partial charge in [0.2, 0.25) is 0 Å². The Hall–Kier alpha value is -2.21. The molecule has 3 aromatic rings. The molecule has 0 bridgehead atoms. The van der Waals surface area contributed by atoms with E-state index in [4.69, 9.17) is 0 Å². The molecule has 0 saturated heterocycles. The fraction of sp³-hybridized carbons (Fsp3) is 0.333. The van der Waals surface area contributed by atoms with Crippen molar-refractivity contribution in [3.63, 3.8) is 0 Å². The summed E-state index contributed by atoms with van der Waals surface area (Å²) in [7, 11) is 1.91. The molecule has 0 aromatic carbocycles. The number of allylic oxidation sites excluding steroid dienone is 4. The van der Waals surface area contributed by atoms with Crippen LogP contribution in [0.4, 0.5) is 4.39 Å². The van der Waals surface area contributed by atoms with Crippen molar-refractivity contribution in [1.82, 2.24) is 14.3 Å². The zero-order valence-corrected chi connectivity index (χ0v) is 14.5. The van der Waals surface area contributed by atoms with Crippen LogP contribution in [-0.4, -0.2) is 14.3 Å². The summed E-state index contributed by atoms with van der Waals surface area (Å²) in [5.74, 6) is -0.240. The lowest BCUT2D eigenvalue weighted by Crippen LogP contribution is -2.25. The molecule has 6 heteroatoms. The molecule has 0 spiro atoms. The lowest BCUT2D eigenvalue weighted by molar-refractivity contribution is 0.569. The number of thiophene rings is 1. The van der Waals surface area contributed by atoms with E-state index in [0.717, 1.165) is 28.4 Å². The molecule has 0 saturated carbocycles. The Balaban J connectivity index is 1.88. The molecule has 0 fully saturated rings. The van der Waals surface area contributed by atoms with Crippen molar-refractivity contribution in [2.24, 2.45) is 7.05 Å². The number of hydrogen-bond donors (Lipinski definition) is 0. The summed E-state index contributed by atoms with van der Waals surface area (Å²) in [4.78, 5) is 14.2. The van der Waals surface area contributed by atoms with Gasteiger partial charge in [0.05, 0.1) is 23.0 Å². The first-order valence-electron chi connectivity index (χ1n) is 8.11. The molecule has 24 heavy (non-hydrogen) atoms. The van der Waals surface area contributed by atoms with Crippen LogP contribution in [0.1, 0.15) is 24.6 Å². The first-order valence-corrected chi connectivity index (χ1v) is 8.92. The Morgan fingerprint density at radius 3 is 3.00 bits per heavy atom. The number of fused-ring (bicyclic) bond motifs is 3. The minimum Gasteiger partial charge on any atom is -0.338 e. The van der Waals surface area contributed by atoms with E-state index in [0.29, 0.717) is 17.5 Å². The fourth-order valence-corrected chi connectivity index (χ4v) is 4.40. The van der Waals surface area contributed by atoms with E-state index in [1.165, 1.54) is 15.6 Å². The van der Waals surface area contributed by atoms with Crippen LogP contribution in [0.15, 0.2) is 40.6 Å². The number of nitrogens with zero attached hydrogens (tertiary/aromatic N) is 3. The Morgan fingerprint density at radius 1 is 1.42 bits per heavy atom. The van der Waals surface area contributed by atoms with Crippen LogP contribution in [0, 0.1) is 0 Å². The highest BCUT2D eigenvalue weighted by Crippen LogP contribution is 2.33. The van der Waals surface area contributed by atoms with Gasteiger partial charge in [0.25, 0.3) is 5.56 Å². The third-order valence-corrected chi connectivity index (χ3v) is 5.93. The van der Waals surface area contributed by atoms with Crippen LogP contribution in [0.25, 0.3) is 21.1 Å². The van der Waals surface area contributed by atoms with E-state index in [9.17, 15) is 9.18 Å². The molecule has 3 aromatic heterocycles. The van der Waals surface area contributed by atoms with E-state index in [2.05, 4.69) is 18.1 Å². The monoisotopic (exact) mass is 343 g/mol. The van der Waals surface area contributed by atoms with Crippen molar-refractivity contribution >= 4 is 32.5 Å². The largest absolute Gasteiger partial charge is 0.338 e. The molecular formula is C18H18FN3OS. The van der Waals surface area contributed by atoms with E-state index in [-0.39, 0.29) is 17.9 Å². The first kappa shape index (κ1) is 15.3. The van der Waals surface area contributed by atoms with Gasteiger partial charge in [-0.05, 0) is 37.0 Å². The normalized spacial score (nSPS) is 15.1. The molecule has 0 unspecified atom stereocenters. The molecule has 0 radical (unpaired) electrons. The molecule has 0 atom stereocenters. The highest BCUT2D eigenvalue weighted by atomic mass is 32.1. The molecule has 4 rings (SSSR count). The maximum absolute atomic E-state index is 13.9. The van der Waals surface area contributed by atoms with E-state index in [1.54, 1.807) is 17.5 Å². The van der Waals surface area contributed by atoms with Crippen LogP contribution in [0.3, 0.4) is 0 Å². The van der Waals surface area contributed by atoms with Gasteiger partial charge in [-0.25, -0.2) is 9.07 Å². The van der Waals surface area contributed by atoms with E-state index >= 15 is 0 Å². The van der Waals surface area contributed by atoms with Crippen molar-refractivity contribution in [1.29, 1.82) is 0 Å². The van der Waals surface area contributed by atoms with Crippen molar-refractivity contribution in [3.05, 3.63) is 51.0 Å². The maximum atomic E-state index is 13.9. The highest BCUT2D eigenvalue weighted by Gasteiger charge is 2.17. The lowest BCUT2D eigenvalue weighted by atomic mass is 10.0. The van der Waals surface area contributed by atoms with Gasteiger partial charge in [0.15, 0.2) is 0 Å². The highest BCUT2D eigenvalue weighted by molar-refractivity contribution is 7.20. The van der Waals surface area contributed by atoms with Crippen molar-refractivity contribution in [3.8, 4) is 0 Å². The summed E-state index contributed by atoms with van der Waals surface area (Å²) in [6.07, 6.45) is 7.45. The summed E-state index contributed by atoms with van der Waals surface area (Å²) < 4.78 is 18.3. The molecule has 124 valence electrons. The van der Waals surface area contributed by atoms with Gasteiger partial charge in [-0.1, -0.05) is 13.0 Å². The van der Waals surface area contributed by atoms with Crippen LogP contribution in [0.5, 0.6) is 0 Å². The summed E-state index contributed by atoms with van der Waals surface area (Å²) >= 11 is 1.71. The van der Waals surface area contributed by atoms with E-state index in [1.807, 2.05) is 17.7 Å². The zero-order chi connectivity index (χ0) is 16.8. The SMILES string of the molecule is CCc1cc2c(s1)c1cnn(CC3=C(F)C=CCC3)c(=O)c1n2C. The summed E-state index contributed by atoms with van der Waals surface area (Å²) in [6, 6.07) is 2.14. The predicted molar refractivity (Wildman–Crippen MR) is 96.2 cm³/mol. The molecule has 0 amide bonds. The lowest BCUT2D eigenvalue weighted by Gasteiger charge is -2.12. The topological polar surface area (TPSA) is 39.8 Å². The summed E-state index contributed by atoms with van der Waals surface area (Å²) in [6.45, 7) is 2.34. The standard InChI is InChI=1S/C18H18FN3OS/c1-3-12-8-15-17(24-12)13-9-20-22(18(23)16(13)21(15)2)10-11-6-4-5-7-14(11)19/h5,7-9H,3-4,6,10H2,1-2H3. The molecule has 0 N–H and O–H groups in total. The number of halogens is 1. The van der Waals surface area contributed by atoms with Gasteiger partial charge >= 0.3 is 0 Å². The predicted octanol–water partition coefficient (Wildman–Crippen LogP) is 4.09. The van der Waals surface area contributed by atoms with Crippen molar-refractivity contribution in [2.75, 3.05) is 0 Å². The first-order chi connectivity index (χ1) is 11.6. The minimum absolute atomic E-state index is 0.161. The molecule has 3 heterocycles. The summed E-state index contributed by atoms with van der Waals surface area (Å²) in [5, 5.41) is 5.19. The Bertz CT molecular complexity index is 1070. The Labute approximate surface area is 142 Å². The summed E-state index contributed by atoms with van der Waals surface area (Å²) in [5.41, 5.74) is 2.18. The molecule has 1 aliphatic carbocycles.